The van der Waals surface area contributed by atoms with Gasteiger partial charge in [-0.25, -0.2) is 5.43 Å². The number of aryl methyl sites for hydroxylation is 2. The van der Waals surface area contributed by atoms with Crippen LogP contribution in [0.25, 0.3) is 0 Å². The van der Waals surface area contributed by atoms with Gasteiger partial charge in [0.25, 0.3) is 5.91 Å². The lowest BCUT2D eigenvalue weighted by Crippen LogP contribution is -2.18. The Bertz CT molecular complexity index is 717. The third kappa shape index (κ3) is 3.77. The summed E-state index contributed by atoms with van der Waals surface area (Å²) < 4.78 is 2.15. The summed E-state index contributed by atoms with van der Waals surface area (Å²) >= 11 is 6.06. The molecule has 0 unspecified atom stereocenters. The second-order valence-corrected chi connectivity index (χ2v) is 6.01. The van der Waals surface area contributed by atoms with E-state index in [-0.39, 0.29) is 5.91 Å². The fourth-order valence-corrected chi connectivity index (χ4v) is 2.59. The zero-order valence-electron chi connectivity index (χ0n) is 13.2. The van der Waals surface area contributed by atoms with Crippen molar-refractivity contribution in [3.05, 3.63) is 57.9 Å². The van der Waals surface area contributed by atoms with Gasteiger partial charge in [0.1, 0.15) is 0 Å². The first-order chi connectivity index (χ1) is 10.4. The standard InChI is InChI=1S/C17H20ClN3O/c1-11(2)21-10-14(8-13(21)4)9-19-20-17(22)15-6-5-12(3)7-16(15)18/h5-11H,1-4H3,(H,20,22)/b19-9-. The van der Waals surface area contributed by atoms with E-state index in [1.807, 2.05) is 32.2 Å². The lowest BCUT2D eigenvalue weighted by atomic mass is 10.1. The van der Waals surface area contributed by atoms with Gasteiger partial charge in [-0.3, -0.25) is 4.79 Å². The first kappa shape index (κ1) is 16.3. The number of hydrazone groups is 1. The Labute approximate surface area is 135 Å². The number of carbonyl (C=O) groups excluding carboxylic acids is 1. The van der Waals surface area contributed by atoms with Gasteiger partial charge in [0, 0.05) is 23.5 Å². The van der Waals surface area contributed by atoms with E-state index in [1.54, 1.807) is 18.3 Å². The summed E-state index contributed by atoms with van der Waals surface area (Å²) in [7, 11) is 0. The molecule has 0 saturated carbocycles. The molecular weight excluding hydrogens is 298 g/mol. The first-order valence-electron chi connectivity index (χ1n) is 7.16. The molecule has 1 N–H and O–H groups in total. The minimum absolute atomic E-state index is 0.318. The molecule has 4 nitrogen and oxygen atoms in total. The second-order valence-electron chi connectivity index (χ2n) is 5.60. The molecule has 0 aliphatic carbocycles. The van der Waals surface area contributed by atoms with E-state index < -0.39 is 0 Å². The molecular formula is C17H20ClN3O. The van der Waals surface area contributed by atoms with Crippen molar-refractivity contribution in [2.75, 3.05) is 0 Å². The summed E-state index contributed by atoms with van der Waals surface area (Å²) in [6, 6.07) is 7.71. The van der Waals surface area contributed by atoms with Crippen molar-refractivity contribution < 1.29 is 4.79 Å². The van der Waals surface area contributed by atoms with Gasteiger partial charge in [0.05, 0.1) is 16.8 Å². The second kappa shape index (κ2) is 6.79. The van der Waals surface area contributed by atoms with Crippen LogP contribution in [0.3, 0.4) is 0 Å². The number of nitrogens with one attached hydrogen (secondary N) is 1. The highest BCUT2D eigenvalue weighted by Gasteiger charge is 2.09. The highest BCUT2D eigenvalue weighted by Crippen LogP contribution is 2.17. The van der Waals surface area contributed by atoms with Gasteiger partial charge in [-0.2, -0.15) is 5.10 Å². The van der Waals surface area contributed by atoms with Gasteiger partial charge >= 0.3 is 0 Å². The third-order valence-electron chi connectivity index (χ3n) is 3.38. The van der Waals surface area contributed by atoms with Crippen LogP contribution in [0.15, 0.2) is 35.6 Å². The maximum atomic E-state index is 12.0. The number of aromatic nitrogens is 1. The van der Waals surface area contributed by atoms with Gasteiger partial charge in [0.15, 0.2) is 0 Å². The minimum atomic E-state index is -0.318. The zero-order valence-corrected chi connectivity index (χ0v) is 14.0. The number of hydrogen-bond acceptors (Lipinski definition) is 2. The summed E-state index contributed by atoms with van der Waals surface area (Å²) in [5.74, 6) is -0.318. The topological polar surface area (TPSA) is 46.4 Å². The van der Waals surface area contributed by atoms with Crippen molar-refractivity contribution in [1.29, 1.82) is 0 Å². The smallest absolute Gasteiger partial charge is 0.272 e. The molecule has 0 saturated heterocycles. The number of carbonyl (C=O) groups is 1. The molecule has 1 aromatic heterocycles. The van der Waals surface area contributed by atoms with Crippen molar-refractivity contribution in [1.82, 2.24) is 9.99 Å². The van der Waals surface area contributed by atoms with Gasteiger partial charge < -0.3 is 4.57 Å². The van der Waals surface area contributed by atoms with Crippen LogP contribution in [0, 0.1) is 13.8 Å². The van der Waals surface area contributed by atoms with Crippen LogP contribution < -0.4 is 5.43 Å². The maximum absolute atomic E-state index is 12.0. The summed E-state index contributed by atoms with van der Waals surface area (Å²) in [5.41, 5.74) is 6.03. The molecule has 0 bridgehead atoms. The fraction of sp³-hybridized carbons (Fsp3) is 0.294. The number of nitrogens with zero attached hydrogens (tertiary/aromatic N) is 2. The highest BCUT2D eigenvalue weighted by molar-refractivity contribution is 6.33. The molecule has 0 aliphatic heterocycles. The average Bonchev–Trinajstić information content (AvgIpc) is 2.80. The summed E-state index contributed by atoms with van der Waals surface area (Å²) in [6.45, 7) is 8.21. The molecule has 1 aromatic carbocycles. The number of rotatable bonds is 4. The predicted molar refractivity (Wildman–Crippen MR) is 90.8 cm³/mol. The summed E-state index contributed by atoms with van der Waals surface area (Å²) in [6.07, 6.45) is 3.64. The summed E-state index contributed by atoms with van der Waals surface area (Å²) in [5, 5.41) is 4.42. The largest absolute Gasteiger partial charge is 0.349 e. The lowest BCUT2D eigenvalue weighted by molar-refractivity contribution is 0.0955. The highest BCUT2D eigenvalue weighted by atomic mass is 35.5. The Hall–Kier alpha value is -2.07. The monoisotopic (exact) mass is 317 g/mol. The molecule has 0 aliphatic rings. The third-order valence-corrected chi connectivity index (χ3v) is 3.69. The van der Waals surface area contributed by atoms with Gasteiger partial charge in [0.2, 0.25) is 0 Å². The zero-order chi connectivity index (χ0) is 16.3. The van der Waals surface area contributed by atoms with Gasteiger partial charge in [-0.1, -0.05) is 17.7 Å². The minimum Gasteiger partial charge on any atom is -0.349 e. The van der Waals surface area contributed by atoms with Crippen molar-refractivity contribution in [2.24, 2.45) is 5.10 Å². The van der Waals surface area contributed by atoms with Crippen molar-refractivity contribution in [3.63, 3.8) is 0 Å². The van der Waals surface area contributed by atoms with E-state index in [0.29, 0.717) is 16.6 Å². The number of hydrogen-bond donors (Lipinski definition) is 1. The quantitative estimate of drug-likeness (QED) is 0.669. The van der Waals surface area contributed by atoms with Crippen LogP contribution >= 0.6 is 11.6 Å². The Morgan fingerprint density at radius 3 is 2.64 bits per heavy atom. The molecule has 1 heterocycles. The number of halogens is 1. The molecule has 2 rings (SSSR count). The first-order valence-corrected chi connectivity index (χ1v) is 7.54. The van der Waals surface area contributed by atoms with Crippen LogP contribution in [0.4, 0.5) is 0 Å². The Balaban J connectivity index is 2.06. The van der Waals surface area contributed by atoms with E-state index in [4.69, 9.17) is 11.6 Å². The number of amides is 1. The van der Waals surface area contributed by atoms with Crippen molar-refractivity contribution in [2.45, 2.75) is 33.7 Å². The molecule has 22 heavy (non-hydrogen) atoms. The van der Waals surface area contributed by atoms with Crippen molar-refractivity contribution in [3.8, 4) is 0 Å². The lowest BCUT2D eigenvalue weighted by Gasteiger charge is -2.08. The molecule has 0 radical (unpaired) electrons. The normalized spacial score (nSPS) is 11.4. The molecule has 5 heteroatoms. The van der Waals surface area contributed by atoms with Crippen LogP contribution in [-0.2, 0) is 0 Å². The molecule has 1 amide bonds. The van der Waals surface area contributed by atoms with Gasteiger partial charge in [-0.05, 0) is 51.5 Å². The Morgan fingerprint density at radius 2 is 2.05 bits per heavy atom. The van der Waals surface area contributed by atoms with E-state index in [1.165, 1.54) is 0 Å². The SMILES string of the molecule is Cc1ccc(C(=O)N/N=C\c2cc(C)n(C(C)C)c2)c(Cl)c1. The van der Waals surface area contributed by atoms with E-state index in [9.17, 15) is 4.79 Å². The molecule has 116 valence electrons. The van der Waals surface area contributed by atoms with Crippen LogP contribution in [0.5, 0.6) is 0 Å². The van der Waals surface area contributed by atoms with Crippen LogP contribution in [0.2, 0.25) is 5.02 Å². The van der Waals surface area contributed by atoms with E-state index >= 15 is 0 Å². The molecule has 2 aromatic rings. The molecule has 0 atom stereocenters. The molecule has 0 fully saturated rings. The predicted octanol–water partition coefficient (Wildman–Crippen LogP) is 4.10. The van der Waals surface area contributed by atoms with Crippen molar-refractivity contribution >= 4 is 23.7 Å². The van der Waals surface area contributed by atoms with E-state index in [0.717, 1.165) is 16.8 Å². The average molecular weight is 318 g/mol. The Kier molecular flexibility index (Phi) is 5.03. The molecule has 0 spiro atoms. The van der Waals surface area contributed by atoms with Crippen LogP contribution in [0.1, 0.15) is 47.1 Å². The van der Waals surface area contributed by atoms with Crippen LogP contribution in [-0.4, -0.2) is 16.7 Å². The van der Waals surface area contributed by atoms with Gasteiger partial charge in [-0.15, -0.1) is 0 Å². The Morgan fingerprint density at radius 1 is 1.32 bits per heavy atom. The fourth-order valence-electron chi connectivity index (χ4n) is 2.27. The number of benzene rings is 1. The van der Waals surface area contributed by atoms with E-state index in [2.05, 4.69) is 28.9 Å². The maximum Gasteiger partial charge on any atom is 0.272 e. The summed E-state index contributed by atoms with van der Waals surface area (Å²) in [4.78, 5) is 12.0.